The van der Waals surface area contributed by atoms with E-state index in [0.717, 1.165) is 50.2 Å². The Balaban J connectivity index is 1.55. The van der Waals surface area contributed by atoms with Gasteiger partial charge in [-0.05, 0) is 31.0 Å². The first kappa shape index (κ1) is 16.8. The van der Waals surface area contributed by atoms with Crippen LogP contribution in [0.4, 0.5) is 0 Å². The van der Waals surface area contributed by atoms with E-state index in [4.69, 9.17) is 4.52 Å². The van der Waals surface area contributed by atoms with Crippen molar-refractivity contribution in [2.45, 2.75) is 38.6 Å². The van der Waals surface area contributed by atoms with Crippen LogP contribution in [0.25, 0.3) is 11.4 Å². The smallest absolute Gasteiger partial charge is 0.226 e. The molecule has 0 radical (unpaired) electrons. The molecular formula is C19H22N6O. The Kier molecular flexibility index (Phi) is 4.97. The third kappa shape index (κ3) is 3.62. The Morgan fingerprint density at radius 2 is 2.23 bits per heavy atom. The quantitative estimate of drug-likeness (QED) is 0.700. The Morgan fingerprint density at radius 3 is 3.04 bits per heavy atom. The lowest BCUT2D eigenvalue weighted by Crippen LogP contribution is -2.34. The molecule has 0 aromatic carbocycles. The van der Waals surface area contributed by atoms with Crippen LogP contribution in [-0.4, -0.2) is 43.1 Å². The van der Waals surface area contributed by atoms with E-state index < -0.39 is 0 Å². The topological polar surface area (TPSA) is 80.8 Å². The van der Waals surface area contributed by atoms with E-state index in [9.17, 15) is 0 Å². The second kappa shape index (κ2) is 7.70. The highest BCUT2D eigenvalue weighted by molar-refractivity contribution is 5.57. The fourth-order valence-electron chi connectivity index (χ4n) is 3.52. The van der Waals surface area contributed by atoms with Gasteiger partial charge >= 0.3 is 0 Å². The van der Waals surface area contributed by atoms with Gasteiger partial charge < -0.3 is 4.52 Å². The molecule has 0 aliphatic carbocycles. The summed E-state index contributed by atoms with van der Waals surface area (Å²) in [5.74, 6) is 1.56. The van der Waals surface area contributed by atoms with Crippen molar-refractivity contribution >= 4 is 0 Å². The Hall–Kier alpha value is -2.67. The van der Waals surface area contributed by atoms with Gasteiger partial charge in [-0.1, -0.05) is 18.1 Å². The van der Waals surface area contributed by atoms with Gasteiger partial charge in [0.15, 0.2) is 0 Å². The molecule has 0 N–H and O–H groups in total. The summed E-state index contributed by atoms with van der Waals surface area (Å²) in [6, 6.07) is 4.11. The molecule has 1 atom stereocenters. The minimum absolute atomic E-state index is 0.335. The normalized spacial score (nSPS) is 18.1. The highest BCUT2D eigenvalue weighted by Crippen LogP contribution is 2.32. The van der Waals surface area contributed by atoms with Crippen LogP contribution in [0.15, 0.2) is 41.6 Å². The van der Waals surface area contributed by atoms with Crippen LogP contribution in [0.2, 0.25) is 0 Å². The minimum Gasteiger partial charge on any atom is -0.339 e. The predicted octanol–water partition coefficient (Wildman–Crippen LogP) is 2.86. The third-order valence-electron chi connectivity index (χ3n) is 4.78. The minimum atomic E-state index is 0.335. The van der Waals surface area contributed by atoms with Gasteiger partial charge in [0.25, 0.3) is 0 Å². The van der Waals surface area contributed by atoms with Crippen LogP contribution in [0.1, 0.15) is 42.8 Å². The number of hydrogen-bond acceptors (Lipinski definition) is 7. The van der Waals surface area contributed by atoms with Gasteiger partial charge in [0.05, 0.1) is 11.3 Å². The van der Waals surface area contributed by atoms with Gasteiger partial charge in [-0.15, -0.1) is 0 Å². The summed E-state index contributed by atoms with van der Waals surface area (Å²) < 4.78 is 5.28. The van der Waals surface area contributed by atoms with Gasteiger partial charge in [0.2, 0.25) is 11.7 Å². The van der Waals surface area contributed by atoms with Gasteiger partial charge in [0.1, 0.15) is 6.33 Å². The largest absolute Gasteiger partial charge is 0.339 e. The van der Waals surface area contributed by atoms with Crippen molar-refractivity contribution in [3.8, 4) is 11.4 Å². The van der Waals surface area contributed by atoms with Crippen molar-refractivity contribution in [3.05, 3.63) is 54.2 Å². The number of hydrogen-bond donors (Lipinski definition) is 0. The van der Waals surface area contributed by atoms with E-state index in [2.05, 4.69) is 36.1 Å². The fraction of sp³-hybridized carbons (Fsp3) is 0.421. The van der Waals surface area contributed by atoms with Crippen LogP contribution in [-0.2, 0) is 13.0 Å². The van der Waals surface area contributed by atoms with E-state index >= 15 is 0 Å². The first-order valence-corrected chi connectivity index (χ1v) is 9.07. The number of piperidine rings is 1. The monoisotopic (exact) mass is 350 g/mol. The van der Waals surface area contributed by atoms with Crippen LogP contribution >= 0.6 is 0 Å². The first-order chi connectivity index (χ1) is 12.8. The molecular weight excluding hydrogens is 328 g/mol. The summed E-state index contributed by atoms with van der Waals surface area (Å²) in [6.45, 7) is 4.95. The maximum Gasteiger partial charge on any atom is 0.226 e. The third-order valence-corrected chi connectivity index (χ3v) is 4.78. The molecule has 0 unspecified atom stereocenters. The molecule has 3 aromatic heterocycles. The fourth-order valence-corrected chi connectivity index (χ4v) is 3.52. The summed E-state index contributed by atoms with van der Waals surface area (Å²) in [6.07, 6.45) is 10.1. The molecule has 0 amide bonds. The Labute approximate surface area is 152 Å². The number of aryl methyl sites for hydroxylation is 1. The maximum absolute atomic E-state index is 5.28. The van der Waals surface area contributed by atoms with Crippen LogP contribution in [0.5, 0.6) is 0 Å². The molecule has 4 rings (SSSR count). The molecule has 0 bridgehead atoms. The standard InChI is InChI=1S/C19H22N6O/c1-2-17-23-19(24-26-17)16-10-21-13-22-18(16)15-6-4-8-25(12-15)11-14-5-3-7-20-9-14/h3,5,7,9-10,13,15H,2,4,6,8,11-12H2,1H3/t15-/m1/s1. The molecule has 1 fully saturated rings. The van der Waals surface area contributed by atoms with E-state index in [1.807, 2.05) is 25.4 Å². The van der Waals surface area contributed by atoms with E-state index in [0.29, 0.717) is 17.6 Å². The number of aromatic nitrogens is 5. The Morgan fingerprint density at radius 1 is 1.27 bits per heavy atom. The van der Waals surface area contributed by atoms with Crippen LogP contribution < -0.4 is 0 Å². The molecule has 26 heavy (non-hydrogen) atoms. The molecule has 4 heterocycles. The molecule has 1 saturated heterocycles. The molecule has 7 heteroatoms. The van der Waals surface area contributed by atoms with Crippen LogP contribution in [0.3, 0.4) is 0 Å². The average Bonchev–Trinajstić information content (AvgIpc) is 3.18. The maximum atomic E-state index is 5.28. The lowest BCUT2D eigenvalue weighted by atomic mass is 9.91. The molecule has 7 nitrogen and oxygen atoms in total. The van der Waals surface area contributed by atoms with E-state index in [-0.39, 0.29) is 0 Å². The lowest BCUT2D eigenvalue weighted by Gasteiger charge is -2.32. The van der Waals surface area contributed by atoms with Crippen molar-refractivity contribution in [2.75, 3.05) is 13.1 Å². The van der Waals surface area contributed by atoms with Gasteiger partial charge in [-0.25, -0.2) is 9.97 Å². The first-order valence-electron chi connectivity index (χ1n) is 9.07. The molecule has 134 valence electrons. The van der Waals surface area contributed by atoms with Crippen molar-refractivity contribution in [1.29, 1.82) is 0 Å². The number of likely N-dealkylation sites (tertiary alicyclic amines) is 1. The summed E-state index contributed by atoms with van der Waals surface area (Å²) in [7, 11) is 0. The molecule has 0 spiro atoms. The number of rotatable bonds is 5. The molecule has 1 aliphatic rings. The summed E-state index contributed by atoms with van der Waals surface area (Å²) >= 11 is 0. The van der Waals surface area contributed by atoms with E-state index in [1.54, 1.807) is 12.5 Å². The average molecular weight is 350 g/mol. The van der Waals surface area contributed by atoms with Crippen molar-refractivity contribution in [2.24, 2.45) is 0 Å². The summed E-state index contributed by atoms with van der Waals surface area (Å²) in [4.78, 5) is 19.9. The summed E-state index contributed by atoms with van der Waals surface area (Å²) in [5, 5.41) is 4.11. The van der Waals surface area contributed by atoms with Gasteiger partial charge in [0, 0.05) is 44.0 Å². The van der Waals surface area contributed by atoms with Crippen molar-refractivity contribution in [1.82, 2.24) is 30.0 Å². The predicted molar refractivity (Wildman–Crippen MR) is 96.2 cm³/mol. The highest BCUT2D eigenvalue weighted by atomic mass is 16.5. The lowest BCUT2D eigenvalue weighted by molar-refractivity contribution is 0.198. The molecule has 1 aliphatic heterocycles. The highest BCUT2D eigenvalue weighted by Gasteiger charge is 2.26. The van der Waals surface area contributed by atoms with Gasteiger partial charge in [-0.3, -0.25) is 9.88 Å². The van der Waals surface area contributed by atoms with Crippen molar-refractivity contribution in [3.63, 3.8) is 0 Å². The second-order valence-electron chi connectivity index (χ2n) is 6.62. The zero-order valence-corrected chi connectivity index (χ0v) is 14.9. The Bertz CT molecular complexity index is 850. The zero-order valence-electron chi connectivity index (χ0n) is 14.9. The number of pyridine rings is 1. The van der Waals surface area contributed by atoms with Crippen LogP contribution in [0, 0.1) is 0 Å². The molecule has 0 saturated carbocycles. The second-order valence-corrected chi connectivity index (χ2v) is 6.62. The van der Waals surface area contributed by atoms with Crippen molar-refractivity contribution < 1.29 is 4.52 Å². The van der Waals surface area contributed by atoms with Gasteiger partial charge in [-0.2, -0.15) is 4.98 Å². The van der Waals surface area contributed by atoms with E-state index in [1.165, 1.54) is 5.56 Å². The molecule has 3 aromatic rings. The zero-order chi connectivity index (χ0) is 17.8. The summed E-state index contributed by atoms with van der Waals surface area (Å²) in [5.41, 5.74) is 3.13. The number of nitrogens with zero attached hydrogens (tertiary/aromatic N) is 6. The SMILES string of the molecule is CCc1nc(-c2cncnc2[C@@H]2CCCN(Cc3cccnc3)C2)no1.